The van der Waals surface area contributed by atoms with Crippen molar-refractivity contribution in [1.82, 2.24) is 5.32 Å². The number of aliphatic hydroxyl groups excluding tert-OH is 1. The number of carbonyl (C=O) groups is 1. The molecule has 1 aromatic rings. The van der Waals surface area contributed by atoms with Gasteiger partial charge in [-0.15, -0.1) is 0 Å². The van der Waals surface area contributed by atoms with Gasteiger partial charge in [-0.2, -0.15) is 0 Å². The van der Waals surface area contributed by atoms with Crippen LogP contribution < -0.4 is 5.32 Å². The molecule has 1 rings (SSSR count). The summed E-state index contributed by atoms with van der Waals surface area (Å²) < 4.78 is 22.1. The van der Waals surface area contributed by atoms with Crippen molar-refractivity contribution in [1.29, 1.82) is 0 Å². The van der Waals surface area contributed by atoms with E-state index in [0.29, 0.717) is 5.56 Å². The maximum absolute atomic E-state index is 12.4. The van der Waals surface area contributed by atoms with E-state index in [4.69, 9.17) is 9.05 Å². The van der Waals surface area contributed by atoms with Crippen LogP contribution in [0.4, 0.5) is 0 Å². The minimum absolute atomic E-state index is 0.436. The molecule has 7 heteroatoms. The molecule has 0 aromatic heterocycles. The highest BCUT2D eigenvalue weighted by Gasteiger charge is 2.40. The second kappa shape index (κ2) is 6.82. The lowest BCUT2D eigenvalue weighted by Crippen LogP contribution is -2.38. The number of hydrogen-bond donors (Lipinski definition) is 2. The van der Waals surface area contributed by atoms with Crippen LogP contribution in [0.15, 0.2) is 30.3 Å². The molecule has 0 spiro atoms. The van der Waals surface area contributed by atoms with Gasteiger partial charge in [0.2, 0.25) is 5.91 Å². The molecule has 0 saturated carbocycles. The summed E-state index contributed by atoms with van der Waals surface area (Å²) >= 11 is 0. The summed E-state index contributed by atoms with van der Waals surface area (Å²) in [6, 6.07) is 8.57. The molecular formula is C12H18NO5P. The molecule has 0 aliphatic carbocycles. The fourth-order valence-electron chi connectivity index (χ4n) is 1.67. The molecule has 0 aliphatic heterocycles. The molecule has 0 aliphatic rings. The van der Waals surface area contributed by atoms with Crippen LogP contribution >= 0.6 is 7.60 Å². The normalized spacial score (nSPS) is 14.7. The number of hydrogen-bond acceptors (Lipinski definition) is 5. The quantitative estimate of drug-likeness (QED) is 0.777. The van der Waals surface area contributed by atoms with E-state index in [2.05, 4.69) is 5.32 Å². The Balaban J connectivity index is 3.10. The van der Waals surface area contributed by atoms with Crippen molar-refractivity contribution in [2.75, 3.05) is 14.2 Å². The lowest BCUT2D eigenvalue weighted by molar-refractivity contribution is -0.120. The van der Waals surface area contributed by atoms with E-state index in [-0.39, 0.29) is 0 Å². The summed E-state index contributed by atoms with van der Waals surface area (Å²) in [5.41, 5.74) is 0.510. The minimum Gasteiger partial charge on any atom is -0.386 e. The number of rotatable bonds is 6. The lowest BCUT2D eigenvalue weighted by Gasteiger charge is -2.28. The van der Waals surface area contributed by atoms with Gasteiger partial charge in [-0.1, -0.05) is 30.3 Å². The van der Waals surface area contributed by atoms with Crippen molar-refractivity contribution in [2.24, 2.45) is 0 Å². The van der Waals surface area contributed by atoms with E-state index in [1.165, 1.54) is 21.1 Å². The van der Waals surface area contributed by atoms with E-state index in [1.54, 1.807) is 30.3 Å². The summed E-state index contributed by atoms with van der Waals surface area (Å²) in [4.78, 5) is 11.2. The first-order valence-corrected chi connectivity index (χ1v) is 7.27. The van der Waals surface area contributed by atoms with Crippen LogP contribution in [0.5, 0.6) is 0 Å². The van der Waals surface area contributed by atoms with Gasteiger partial charge in [0.05, 0.1) is 0 Å². The molecule has 19 heavy (non-hydrogen) atoms. The van der Waals surface area contributed by atoms with Gasteiger partial charge >= 0.3 is 7.60 Å². The Bertz CT molecular complexity index is 456. The third kappa shape index (κ3) is 3.88. The second-order valence-electron chi connectivity index (χ2n) is 3.91. The van der Waals surface area contributed by atoms with Crippen LogP contribution in [-0.4, -0.2) is 31.0 Å². The summed E-state index contributed by atoms with van der Waals surface area (Å²) in [5, 5.41) is 12.7. The van der Waals surface area contributed by atoms with E-state index in [0.717, 1.165) is 0 Å². The summed E-state index contributed by atoms with van der Waals surface area (Å²) in [6.07, 6.45) is -1.20. The molecule has 0 radical (unpaired) electrons. The molecule has 106 valence electrons. The Morgan fingerprint density at radius 1 is 1.26 bits per heavy atom. The van der Waals surface area contributed by atoms with Gasteiger partial charge < -0.3 is 19.5 Å². The Morgan fingerprint density at radius 3 is 2.21 bits per heavy atom. The maximum Gasteiger partial charge on any atom is 0.355 e. The predicted octanol–water partition coefficient (Wildman–Crippen LogP) is 1.67. The third-order valence-electron chi connectivity index (χ3n) is 2.64. The molecule has 0 saturated heterocycles. The van der Waals surface area contributed by atoms with E-state index in [1.807, 2.05) is 0 Å². The van der Waals surface area contributed by atoms with E-state index < -0.39 is 25.4 Å². The monoisotopic (exact) mass is 287 g/mol. The number of carbonyl (C=O) groups excluding carboxylic acids is 1. The number of aliphatic hydroxyl groups is 1. The highest BCUT2D eigenvalue weighted by atomic mass is 31.2. The van der Waals surface area contributed by atoms with Gasteiger partial charge in [0.25, 0.3) is 0 Å². The van der Waals surface area contributed by atoms with Crippen LogP contribution in [0.1, 0.15) is 18.6 Å². The van der Waals surface area contributed by atoms with Gasteiger partial charge in [0.1, 0.15) is 6.10 Å². The Kier molecular flexibility index (Phi) is 5.69. The van der Waals surface area contributed by atoms with Crippen LogP contribution in [0.2, 0.25) is 0 Å². The first-order chi connectivity index (χ1) is 8.94. The molecule has 1 amide bonds. The first-order valence-electron chi connectivity index (χ1n) is 5.66. The smallest absolute Gasteiger partial charge is 0.355 e. The van der Waals surface area contributed by atoms with Crippen molar-refractivity contribution < 1.29 is 23.5 Å². The standard InChI is InChI=1S/C12H18NO5P/c1-9(14)13-12(19(16,17-2)18-3)11(15)10-7-5-4-6-8-10/h4-8,11-12,15H,1-3H3,(H,13,14)/t11-,12-/m0/s1. The molecule has 1 aromatic carbocycles. The largest absolute Gasteiger partial charge is 0.386 e. The second-order valence-corrected chi connectivity index (χ2v) is 6.27. The average Bonchev–Trinajstić information content (AvgIpc) is 2.44. The Morgan fingerprint density at radius 2 is 1.79 bits per heavy atom. The molecule has 0 heterocycles. The molecule has 0 bridgehead atoms. The SMILES string of the molecule is COP(=O)(OC)[C@H](NC(C)=O)[C@@H](O)c1ccccc1. The van der Waals surface area contributed by atoms with E-state index in [9.17, 15) is 14.5 Å². The van der Waals surface area contributed by atoms with Crippen LogP contribution in [0.3, 0.4) is 0 Å². The van der Waals surface area contributed by atoms with Crippen molar-refractivity contribution in [3.8, 4) is 0 Å². The average molecular weight is 287 g/mol. The van der Waals surface area contributed by atoms with Gasteiger partial charge in [-0.25, -0.2) is 0 Å². The molecule has 2 N–H and O–H groups in total. The van der Waals surface area contributed by atoms with Gasteiger partial charge in [-0.05, 0) is 5.56 Å². The zero-order valence-electron chi connectivity index (χ0n) is 11.1. The highest BCUT2D eigenvalue weighted by Crippen LogP contribution is 2.54. The lowest BCUT2D eigenvalue weighted by atomic mass is 10.1. The molecule has 2 atom stereocenters. The molecular weight excluding hydrogens is 269 g/mol. The molecule has 6 nitrogen and oxygen atoms in total. The van der Waals surface area contributed by atoms with Gasteiger partial charge in [0, 0.05) is 21.1 Å². The predicted molar refractivity (Wildman–Crippen MR) is 70.6 cm³/mol. The topological polar surface area (TPSA) is 84.9 Å². The van der Waals surface area contributed by atoms with Crippen LogP contribution in [-0.2, 0) is 18.4 Å². The maximum atomic E-state index is 12.4. The molecule has 0 unspecified atom stereocenters. The summed E-state index contributed by atoms with van der Waals surface area (Å²) in [6.45, 7) is 1.26. The fraction of sp³-hybridized carbons (Fsp3) is 0.417. The van der Waals surface area contributed by atoms with Gasteiger partial charge in [-0.3, -0.25) is 9.36 Å². The summed E-state index contributed by atoms with van der Waals surface area (Å²) in [5.74, 6) is -1.60. The third-order valence-corrected chi connectivity index (χ3v) is 4.75. The first kappa shape index (κ1) is 15.9. The summed E-state index contributed by atoms with van der Waals surface area (Å²) in [7, 11) is -1.24. The zero-order chi connectivity index (χ0) is 14.5. The minimum atomic E-state index is -3.65. The number of benzene rings is 1. The molecule has 0 fully saturated rings. The highest BCUT2D eigenvalue weighted by molar-refractivity contribution is 7.54. The van der Waals surface area contributed by atoms with Crippen LogP contribution in [0.25, 0.3) is 0 Å². The van der Waals surface area contributed by atoms with Crippen molar-refractivity contribution in [3.05, 3.63) is 35.9 Å². The zero-order valence-corrected chi connectivity index (χ0v) is 12.0. The van der Waals surface area contributed by atoms with Crippen molar-refractivity contribution in [2.45, 2.75) is 18.8 Å². The Labute approximate surface area is 112 Å². The fourth-order valence-corrected chi connectivity index (χ4v) is 3.13. The van der Waals surface area contributed by atoms with Crippen LogP contribution in [0, 0.1) is 0 Å². The number of amides is 1. The van der Waals surface area contributed by atoms with Crippen molar-refractivity contribution in [3.63, 3.8) is 0 Å². The van der Waals surface area contributed by atoms with Crippen molar-refractivity contribution >= 4 is 13.5 Å². The Hall–Kier alpha value is -1.20. The number of nitrogens with one attached hydrogen (secondary N) is 1. The van der Waals surface area contributed by atoms with E-state index >= 15 is 0 Å². The van der Waals surface area contributed by atoms with Gasteiger partial charge in [0.15, 0.2) is 5.78 Å².